The van der Waals surface area contributed by atoms with Crippen molar-refractivity contribution in [2.75, 3.05) is 12.8 Å². The van der Waals surface area contributed by atoms with Crippen LogP contribution in [0, 0.1) is 0 Å². The number of amides is 2. The molecule has 0 aliphatic carbocycles. The normalized spacial score (nSPS) is 14.9. The fourth-order valence-electron chi connectivity index (χ4n) is 0.946. The maximum Gasteiger partial charge on any atom is 0.328 e. The Morgan fingerprint density at radius 3 is 2.29 bits per heavy atom. The van der Waals surface area contributed by atoms with Crippen LogP contribution in [0.3, 0.4) is 0 Å². The monoisotopic (exact) mass is 264 g/mol. The Morgan fingerprint density at radius 2 is 1.94 bits per heavy atom. The van der Waals surface area contributed by atoms with Gasteiger partial charge in [0.1, 0.15) is 0 Å². The van der Waals surface area contributed by atoms with Gasteiger partial charge in [-0.15, -0.1) is 0 Å². The molecule has 0 heterocycles. The molecule has 0 fully saturated rings. The number of nitrogens with one attached hydrogen (secondary N) is 2. The molecule has 6 nitrogen and oxygen atoms in total. The van der Waals surface area contributed by atoms with Gasteiger partial charge in [0.05, 0.1) is 6.10 Å². The number of rotatable bonds is 6. The molecule has 0 aromatic rings. The highest BCUT2D eigenvalue weighted by molar-refractivity contribution is 7.99. The van der Waals surface area contributed by atoms with Gasteiger partial charge in [-0.3, -0.25) is 0 Å². The quantitative estimate of drug-likeness (QED) is 0.551. The van der Waals surface area contributed by atoms with Gasteiger partial charge >= 0.3 is 12.0 Å². The van der Waals surface area contributed by atoms with Crippen LogP contribution in [0.2, 0.25) is 0 Å². The summed E-state index contributed by atoms with van der Waals surface area (Å²) in [4.78, 5) is 22.1. The van der Waals surface area contributed by atoms with Crippen LogP contribution in [0.4, 0.5) is 4.79 Å². The van der Waals surface area contributed by atoms with E-state index in [1.54, 1.807) is 11.8 Å². The summed E-state index contributed by atoms with van der Waals surface area (Å²) in [5, 5.41) is 22.7. The van der Waals surface area contributed by atoms with Crippen molar-refractivity contribution in [2.24, 2.45) is 0 Å². The third-order valence-electron chi connectivity index (χ3n) is 2.26. The number of aliphatic hydroxyl groups is 1. The standard InChI is InChI=1S/C10H20N2O4S/c1-6(13)7(8(14)15)12-9(16)11-5-10(2,3)17-4/h6-7,13H,5H2,1-4H3,(H,14,15)(H2,11,12,16)/t6-,7+/m1/s1. The van der Waals surface area contributed by atoms with Gasteiger partial charge in [0, 0.05) is 11.3 Å². The predicted octanol–water partition coefficient (Wildman–Crippen LogP) is 0.261. The minimum atomic E-state index is -1.30. The molecular weight excluding hydrogens is 244 g/mol. The zero-order valence-corrected chi connectivity index (χ0v) is 11.3. The first-order chi connectivity index (χ1) is 7.69. The van der Waals surface area contributed by atoms with Crippen LogP contribution in [0.25, 0.3) is 0 Å². The lowest BCUT2D eigenvalue weighted by atomic mass is 10.2. The number of urea groups is 1. The molecule has 0 rings (SSSR count). The fourth-order valence-corrected chi connectivity index (χ4v) is 1.16. The van der Waals surface area contributed by atoms with E-state index in [2.05, 4.69) is 10.6 Å². The number of carboxylic acids is 1. The largest absolute Gasteiger partial charge is 0.480 e. The number of hydrogen-bond acceptors (Lipinski definition) is 4. The van der Waals surface area contributed by atoms with E-state index in [9.17, 15) is 14.7 Å². The Labute approximate surface area is 105 Å². The van der Waals surface area contributed by atoms with Gasteiger partial charge in [0.15, 0.2) is 6.04 Å². The van der Waals surface area contributed by atoms with E-state index in [1.165, 1.54) is 6.92 Å². The number of hydrogen-bond donors (Lipinski definition) is 4. The molecular formula is C10H20N2O4S. The second kappa shape index (κ2) is 6.70. The van der Waals surface area contributed by atoms with Crippen LogP contribution in [0.5, 0.6) is 0 Å². The Balaban J connectivity index is 4.21. The summed E-state index contributed by atoms with van der Waals surface area (Å²) < 4.78 is -0.124. The highest BCUT2D eigenvalue weighted by Gasteiger charge is 2.25. The van der Waals surface area contributed by atoms with Crippen LogP contribution < -0.4 is 10.6 Å². The summed E-state index contributed by atoms with van der Waals surface area (Å²) in [6.07, 6.45) is 0.780. The molecule has 0 spiro atoms. The number of carbonyl (C=O) groups excluding carboxylic acids is 1. The van der Waals surface area contributed by atoms with Gasteiger partial charge in [-0.1, -0.05) is 0 Å². The molecule has 7 heteroatoms. The third-order valence-corrected chi connectivity index (χ3v) is 3.51. The maximum atomic E-state index is 11.4. The zero-order chi connectivity index (χ0) is 13.6. The third kappa shape index (κ3) is 6.38. The Hall–Kier alpha value is -0.950. The molecule has 0 saturated heterocycles. The van der Waals surface area contributed by atoms with Gasteiger partial charge < -0.3 is 20.8 Å². The summed E-state index contributed by atoms with van der Waals surface area (Å²) in [5.41, 5.74) is 0. The molecule has 0 radical (unpaired) electrons. The summed E-state index contributed by atoms with van der Waals surface area (Å²) in [5.74, 6) is -1.26. The van der Waals surface area contributed by atoms with Crippen molar-refractivity contribution in [3.63, 3.8) is 0 Å². The summed E-state index contributed by atoms with van der Waals surface area (Å²) in [6.45, 7) is 5.64. The zero-order valence-electron chi connectivity index (χ0n) is 10.5. The first-order valence-electron chi connectivity index (χ1n) is 5.20. The van der Waals surface area contributed by atoms with Crippen LogP contribution >= 0.6 is 11.8 Å². The second-order valence-electron chi connectivity index (χ2n) is 4.35. The number of carbonyl (C=O) groups is 2. The van der Waals surface area contributed by atoms with E-state index >= 15 is 0 Å². The van der Waals surface area contributed by atoms with E-state index in [-0.39, 0.29) is 4.75 Å². The highest BCUT2D eigenvalue weighted by atomic mass is 32.2. The average molecular weight is 264 g/mol. The van der Waals surface area contributed by atoms with Crippen LogP contribution in [-0.4, -0.2) is 51.9 Å². The van der Waals surface area contributed by atoms with Gasteiger partial charge in [-0.2, -0.15) is 11.8 Å². The van der Waals surface area contributed by atoms with E-state index in [0.717, 1.165) is 0 Å². The Bertz CT molecular complexity index is 281. The minimum Gasteiger partial charge on any atom is -0.480 e. The lowest BCUT2D eigenvalue weighted by Crippen LogP contribution is -2.52. The molecule has 0 aliphatic heterocycles. The van der Waals surface area contributed by atoms with Crippen molar-refractivity contribution in [3.05, 3.63) is 0 Å². The lowest BCUT2D eigenvalue weighted by molar-refractivity contribution is -0.141. The molecule has 0 aromatic heterocycles. The number of aliphatic hydroxyl groups excluding tert-OH is 1. The van der Waals surface area contributed by atoms with Crippen LogP contribution in [0.1, 0.15) is 20.8 Å². The molecule has 2 amide bonds. The average Bonchev–Trinajstić information content (AvgIpc) is 2.22. The van der Waals surface area contributed by atoms with E-state index in [1.807, 2.05) is 20.1 Å². The highest BCUT2D eigenvalue weighted by Crippen LogP contribution is 2.19. The van der Waals surface area contributed by atoms with Gasteiger partial charge in [0.25, 0.3) is 0 Å². The van der Waals surface area contributed by atoms with E-state index in [0.29, 0.717) is 6.54 Å². The van der Waals surface area contributed by atoms with E-state index < -0.39 is 24.1 Å². The van der Waals surface area contributed by atoms with Crippen molar-refractivity contribution in [1.29, 1.82) is 0 Å². The number of thioether (sulfide) groups is 1. The van der Waals surface area contributed by atoms with Crippen molar-refractivity contribution in [1.82, 2.24) is 10.6 Å². The maximum absolute atomic E-state index is 11.4. The first kappa shape index (κ1) is 16.1. The number of carboxylic acid groups (broad SMARTS) is 1. The molecule has 0 aromatic carbocycles. The van der Waals surface area contributed by atoms with Crippen molar-refractivity contribution in [2.45, 2.75) is 37.7 Å². The lowest BCUT2D eigenvalue weighted by Gasteiger charge is -2.23. The molecule has 4 N–H and O–H groups in total. The van der Waals surface area contributed by atoms with Crippen LogP contribution in [-0.2, 0) is 4.79 Å². The number of aliphatic carboxylic acids is 1. The molecule has 0 saturated carbocycles. The van der Waals surface area contributed by atoms with Gasteiger partial charge in [-0.05, 0) is 27.0 Å². The van der Waals surface area contributed by atoms with Crippen molar-refractivity contribution >= 4 is 23.8 Å². The van der Waals surface area contributed by atoms with Crippen molar-refractivity contribution in [3.8, 4) is 0 Å². The van der Waals surface area contributed by atoms with Gasteiger partial charge in [-0.25, -0.2) is 9.59 Å². The van der Waals surface area contributed by atoms with E-state index in [4.69, 9.17) is 5.11 Å². The topological polar surface area (TPSA) is 98.7 Å². The molecule has 0 unspecified atom stereocenters. The van der Waals surface area contributed by atoms with Gasteiger partial charge in [0.2, 0.25) is 0 Å². The fraction of sp³-hybridized carbons (Fsp3) is 0.800. The minimum absolute atomic E-state index is 0.124. The SMILES string of the molecule is CSC(C)(C)CNC(=O)N[C@H](C(=O)O)[C@@H](C)O. The Kier molecular flexibility index (Phi) is 6.33. The summed E-state index contributed by atoms with van der Waals surface area (Å²) in [7, 11) is 0. The van der Waals surface area contributed by atoms with Crippen molar-refractivity contribution < 1.29 is 19.8 Å². The molecule has 100 valence electrons. The summed E-state index contributed by atoms with van der Waals surface area (Å²) >= 11 is 1.59. The summed E-state index contributed by atoms with van der Waals surface area (Å²) in [6, 6.07) is -1.90. The second-order valence-corrected chi connectivity index (χ2v) is 5.86. The smallest absolute Gasteiger partial charge is 0.328 e. The predicted molar refractivity (Wildman–Crippen MR) is 67.2 cm³/mol. The van der Waals surface area contributed by atoms with Crippen LogP contribution in [0.15, 0.2) is 0 Å². The Morgan fingerprint density at radius 1 is 1.41 bits per heavy atom. The molecule has 2 atom stereocenters. The molecule has 17 heavy (non-hydrogen) atoms. The first-order valence-corrected chi connectivity index (χ1v) is 6.42. The molecule has 0 bridgehead atoms. The molecule has 0 aliphatic rings.